The molecule has 0 saturated heterocycles. The van der Waals surface area contributed by atoms with Gasteiger partial charge in [0.15, 0.2) is 0 Å². The Bertz CT molecular complexity index is 1530. The van der Waals surface area contributed by atoms with Crippen LogP contribution in [0.25, 0.3) is 22.0 Å². The van der Waals surface area contributed by atoms with Gasteiger partial charge in [-0.25, -0.2) is 19.6 Å². The number of hydrogen-bond acceptors (Lipinski definition) is 8. The number of amides is 1. The number of pyridine rings is 1. The Hall–Kier alpha value is -4.38. The third-order valence-electron chi connectivity index (χ3n) is 5.40. The fourth-order valence-electron chi connectivity index (χ4n) is 3.99. The summed E-state index contributed by atoms with van der Waals surface area (Å²) in [5.41, 5.74) is 1.30. The van der Waals surface area contributed by atoms with E-state index in [1.807, 2.05) is 0 Å². The van der Waals surface area contributed by atoms with Gasteiger partial charge in [-0.3, -0.25) is 5.32 Å². The van der Waals surface area contributed by atoms with Crippen molar-refractivity contribution < 1.29 is 28.9 Å². The Balaban J connectivity index is 1.84. The molecule has 11 nitrogen and oxygen atoms in total. The number of carbonyl (C=O) groups is 2. The van der Waals surface area contributed by atoms with E-state index in [0.29, 0.717) is 32.6 Å². The molecule has 0 aliphatic heterocycles. The number of halogens is 1. The lowest BCUT2D eigenvalue weighted by Crippen LogP contribution is -2.27. The number of carbonyl (C=O) groups excluding carboxylic acids is 1. The first-order valence-electron chi connectivity index (χ1n) is 11.5. The summed E-state index contributed by atoms with van der Waals surface area (Å²) in [4.78, 5) is 37.5. The number of aromatic nitrogens is 4. The molecule has 0 aliphatic rings. The topological polar surface area (TPSA) is 138 Å². The maximum Gasteiger partial charge on any atom is 0.413 e. The van der Waals surface area contributed by atoms with Crippen molar-refractivity contribution in [1.29, 1.82) is 0 Å². The Labute approximate surface area is 223 Å². The van der Waals surface area contributed by atoms with Gasteiger partial charge in [0, 0.05) is 40.4 Å². The van der Waals surface area contributed by atoms with Crippen LogP contribution in [0.5, 0.6) is 11.9 Å². The van der Waals surface area contributed by atoms with E-state index < -0.39 is 17.7 Å². The molecule has 0 saturated carbocycles. The quantitative estimate of drug-likeness (QED) is 0.322. The molecule has 38 heavy (non-hydrogen) atoms. The molecule has 0 fully saturated rings. The Morgan fingerprint density at radius 1 is 1.11 bits per heavy atom. The van der Waals surface area contributed by atoms with E-state index in [1.165, 1.54) is 26.6 Å². The number of benzene rings is 1. The summed E-state index contributed by atoms with van der Waals surface area (Å²) in [5.74, 6) is -0.768. The molecular weight excluding hydrogens is 514 g/mol. The minimum absolute atomic E-state index is 0.0206. The van der Waals surface area contributed by atoms with Gasteiger partial charge in [0.2, 0.25) is 5.88 Å². The maximum absolute atomic E-state index is 12.7. The average molecular weight is 540 g/mol. The van der Waals surface area contributed by atoms with Gasteiger partial charge in [0.25, 0.3) is 0 Å². The number of fused-ring (bicyclic) bond motifs is 1. The van der Waals surface area contributed by atoms with E-state index in [4.69, 9.17) is 25.8 Å². The van der Waals surface area contributed by atoms with E-state index in [2.05, 4.69) is 20.3 Å². The van der Waals surface area contributed by atoms with E-state index in [-0.39, 0.29) is 29.9 Å². The van der Waals surface area contributed by atoms with Crippen LogP contribution in [-0.4, -0.2) is 56.5 Å². The second-order valence-electron chi connectivity index (χ2n) is 9.23. The van der Waals surface area contributed by atoms with E-state index in [9.17, 15) is 14.7 Å². The predicted molar refractivity (Wildman–Crippen MR) is 141 cm³/mol. The van der Waals surface area contributed by atoms with Crippen molar-refractivity contribution in [1.82, 2.24) is 19.5 Å². The summed E-state index contributed by atoms with van der Waals surface area (Å²) in [7, 11) is 2.84. The normalized spacial score (nSPS) is 11.3. The van der Waals surface area contributed by atoms with Crippen molar-refractivity contribution in [2.45, 2.75) is 32.9 Å². The summed E-state index contributed by atoms with van der Waals surface area (Å²) in [5, 5.41) is 14.0. The molecule has 198 valence electrons. The lowest BCUT2D eigenvalue weighted by Gasteiger charge is -2.19. The van der Waals surface area contributed by atoms with Gasteiger partial charge >= 0.3 is 18.1 Å². The third-order valence-corrected chi connectivity index (χ3v) is 5.63. The van der Waals surface area contributed by atoms with Gasteiger partial charge in [-0.2, -0.15) is 4.98 Å². The van der Waals surface area contributed by atoms with Crippen LogP contribution in [0.1, 0.15) is 36.8 Å². The van der Waals surface area contributed by atoms with Crippen LogP contribution in [-0.2, 0) is 11.3 Å². The molecule has 0 atom stereocenters. The lowest BCUT2D eigenvalue weighted by atomic mass is 10.0. The number of rotatable bonds is 7. The zero-order valence-corrected chi connectivity index (χ0v) is 22.2. The number of carboxylic acid groups (broad SMARTS) is 1. The number of hydrogen-bond donors (Lipinski definition) is 2. The maximum atomic E-state index is 12.7. The second kappa shape index (κ2) is 10.5. The molecule has 4 rings (SSSR count). The van der Waals surface area contributed by atoms with Gasteiger partial charge in [0.05, 0.1) is 19.8 Å². The number of methoxy groups -OCH3 is 2. The Morgan fingerprint density at radius 2 is 1.87 bits per heavy atom. The van der Waals surface area contributed by atoms with Crippen LogP contribution in [0.2, 0.25) is 5.02 Å². The number of aromatic carboxylic acids is 1. The molecule has 3 aromatic heterocycles. The van der Waals surface area contributed by atoms with Crippen LogP contribution < -0.4 is 14.8 Å². The molecular formula is C26H26ClN5O6. The number of carboxylic acids is 1. The Morgan fingerprint density at radius 3 is 2.53 bits per heavy atom. The fourth-order valence-corrected chi connectivity index (χ4v) is 4.17. The van der Waals surface area contributed by atoms with Gasteiger partial charge in [-0.1, -0.05) is 11.6 Å². The van der Waals surface area contributed by atoms with Gasteiger partial charge in [-0.15, -0.1) is 0 Å². The highest BCUT2D eigenvalue weighted by Gasteiger charge is 2.27. The fraction of sp³-hybridized carbons (Fsp3) is 0.269. The molecule has 1 amide bonds. The molecule has 0 radical (unpaired) electrons. The molecule has 0 unspecified atom stereocenters. The highest BCUT2D eigenvalue weighted by atomic mass is 35.5. The van der Waals surface area contributed by atoms with Crippen molar-refractivity contribution in [2.24, 2.45) is 0 Å². The van der Waals surface area contributed by atoms with Crippen molar-refractivity contribution >= 4 is 40.4 Å². The monoisotopic (exact) mass is 539 g/mol. The van der Waals surface area contributed by atoms with Crippen molar-refractivity contribution in [2.75, 3.05) is 19.5 Å². The van der Waals surface area contributed by atoms with Gasteiger partial charge in [0.1, 0.15) is 17.1 Å². The van der Waals surface area contributed by atoms with E-state index >= 15 is 0 Å². The highest BCUT2D eigenvalue weighted by Crippen LogP contribution is 2.40. The van der Waals surface area contributed by atoms with Crippen molar-refractivity contribution in [3.63, 3.8) is 0 Å². The first kappa shape index (κ1) is 26.7. The third kappa shape index (κ3) is 5.62. The zero-order chi connectivity index (χ0) is 27.6. The lowest BCUT2D eigenvalue weighted by molar-refractivity contribution is 0.0633. The van der Waals surface area contributed by atoms with Gasteiger partial charge < -0.3 is 23.9 Å². The van der Waals surface area contributed by atoms with Crippen LogP contribution >= 0.6 is 11.6 Å². The Kier molecular flexibility index (Phi) is 7.40. The summed E-state index contributed by atoms with van der Waals surface area (Å²) in [6.45, 7) is 5.42. The number of nitrogens with zero attached hydrogens (tertiary/aromatic N) is 4. The average Bonchev–Trinajstić information content (AvgIpc) is 3.15. The minimum atomic E-state index is -1.17. The first-order valence-corrected chi connectivity index (χ1v) is 11.8. The van der Waals surface area contributed by atoms with E-state index in [1.54, 1.807) is 55.7 Å². The minimum Gasteiger partial charge on any atom is -0.480 e. The molecule has 3 heterocycles. The van der Waals surface area contributed by atoms with Crippen LogP contribution in [0, 0.1) is 0 Å². The van der Waals surface area contributed by atoms with Crippen LogP contribution in [0.4, 0.5) is 10.6 Å². The predicted octanol–water partition coefficient (Wildman–Crippen LogP) is 5.26. The van der Waals surface area contributed by atoms with E-state index in [0.717, 1.165) is 0 Å². The summed E-state index contributed by atoms with van der Waals surface area (Å²) < 4.78 is 17.5. The van der Waals surface area contributed by atoms with Crippen LogP contribution in [0.15, 0.2) is 42.7 Å². The number of ether oxygens (including phenoxy) is 3. The molecule has 2 N–H and O–H groups in total. The number of nitrogens with one attached hydrogen (secondary N) is 1. The summed E-state index contributed by atoms with van der Waals surface area (Å²) in [6.07, 6.45) is 2.32. The zero-order valence-electron chi connectivity index (χ0n) is 21.4. The molecule has 1 aromatic carbocycles. The summed E-state index contributed by atoms with van der Waals surface area (Å²) in [6, 6.07) is 8.55. The molecule has 4 aromatic rings. The SMILES string of the molecule is COc1ncc(-c2c(C(=O)O)n(Cc3ccnc(NC(=O)OC(C)(C)C)c3)c3ccc(Cl)cc23)c(OC)n1. The smallest absolute Gasteiger partial charge is 0.413 e. The first-order chi connectivity index (χ1) is 18.0. The molecule has 0 spiro atoms. The van der Waals surface area contributed by atoms with Gasteiger partial charge in [-0.05, 0) is 56.7 Å². The standard InChI is InChI=1S/C26H26ClN5O6/c1-26(2,3)38-25(35)30-19-10-14(8-9-28-19)13-32-18-7-6-15(27)11-16(18)20(21(32)23(33)34)17-12-29-24(37-5)31-22(17)36-4/h6-12H,13H2,1-5H3,(H,33,34)(H,28,30,35). The largest absolute Gasteiger partial charge is 0.480 e. The number of anilines is 1. The molecule has 0 aliphatic carbocycles. The molecule has 0 bridgehead atoms. The summed E-state index contributed by atoms with van der Waals surface area (Å²) >= 11 is 6.32. The van der Waals surface area contributed by atoms with Crippen LogP contribution in [0.3, 0.4) is 0 Å². The second-order valence-corrected chi connectivity index (χ2v) is 9.67. The molecule has 12 heteroatoms. The highest BCUT2D eigenvalue weighted by molar-refractivity contribution is 6.31. The van der Waals surface area contributed by atoms with Crippen molar-refractivity contribution in [3.05, 3.63) is 59.0 Å². The van der Waals surface area contributed by atoms with Crippen molar-refractivity contribution in [3.8, 4) is 23.0 Å².